The molecule has 1 aromatic carbocycles. The molecule has 1 heterocycles. The topological polar surface area (TPSA) is 63.2 Å². The van der Waals surface area contributed by atoms with Gasteiger partial charge in [-0.15, -0.1) is 0 Å². The lowest BCUT2D eigenvalue weighted by Crippen LogP contribution is -2.45. The van der Waals surface area contributed by atoms with Crippen molar-refractivity contribution in [1.82, 2.24) is 0 Å². The molecule has 4 fully saturated rings. The van der Waals surface area contributed by atoms with Crippen LogP contribution in [-0.2, 0) is 24.0 Å². The van der Waals surface area contributed by atoms with Crippen LogP contribution < -0.4 is 4.74 Å². The number of carbonyl (C=O) groups is 1. The van der Waals surface area contributed by atoms with Crippen molar-refractivity contribution in [2.75, 3.05) is 13.2 Å². The standard InChI is InChI=1S/C27H38O6/c1-3-29-25(28)18-30-24-9-7-21(8-10-24)22-11-13-27(14-12-22)31-26(2,32-33-27)23-16-19-5-4-6-20(15-19)17-23/h7-10,19-20,22-23H,3-6,11-18H2,1-2H3/t19?,20?,22?,23?,26-,27?/m0/s1. The second-order valence-corrected chi connectivity index (χ2v) is 10.7. The Labute approximate surface area is 197 Å². The van der Waals surface area contributed by atoms with Gasteiger partial charge in [-0.2, -0.15) is 9.78 Å². The van der Waals surface area contributed by atoms with E-state index in [4.69, 9.17) is 24.0 Å². The van der Waals surface area contributed by atoms with Gasteiger partial charge in [0.05, 0.1) is 6.61 Å². The molecule has 0 amide bonds. The molecule has 6 heteroatoms. The van der Waals surface area contributed by atoms with Gasteiger partial charge in [-0.3, -0.25) is 0 Å². The van der Waals surface area contributed by atoms with Crippen LogP contribution in [0.4, 0.5) is 0 Å². The first-order valence-electron chi connectivity index (χ1n) is 12.9. The number of ether oxygens (including phenoxy) is 3. The van der Waals surface area contributed by atoms with E-state index in [-0.39, 0.29) is 12.6 Å². The normalized spacial score (nSPS) is 38.2. The Morgan fingerprint density at radius 1 is 1.00 bits per heavy atom. The monoisotopic (exact) mass is 458 g/mol. The van der Waals surface area contributed by atoms with Gasteiger partial charge in [-0.1, -0.05) is 31.4 Å². The summed E-state index contributed by atoms with van der Waals surface area (Å²) in [5.74, 6) is 1.69. The van der Waals surface area contributed by atoms with Crippen molar-refractivity contribution in [2.24, 2.45) is 17.8 Å². The van der Waals surface area contributed by atoms with E-state index in [1.54, 1.807) is 6.92 Å². The molecule has 0 aromatic heterocycles. The molecular formula is C27H38O6. The minimum atomic E-state index is -0.612. The molecule has 182 valence electrons. The van der Waals surface area contributed by atoms with Gasteiger partial charge < -0.3 is 14.2 Å². The average Bonchev–Trinajstić information content (AvgIpc) is 3.16. The van der Waals surface area contributed by atoms with Crippen molar-refractivity contribution >= 4 is 5.97 Å². The summed E-state index contributed by atoms with van der Waals surface area (Å²) in [6.45, 7) is 4.20. The lowest BCUT2D eigenvalue weighted by atomic mass is 9.66. The molecule has 1 aromatic rings. The number of hydrogen-bond acceptors (Lipinski definition) is 6. The molecule has 3 saturated carbocycles. The van der Waals surface area contributed by atoms with Gasteiger partial charge in [0, 0.05) is 18.8 Å². The lowest BCUT2D eigenvalue weighted by Gasteiger charge is -2.44. The maximum Gasteiger partial charge on any atom is 0.344 e. The van der Waals surface area contributed by atoms with Crippen molar-refractivity contribution in [3.63, 3.8) is 0 Å². The average molecular weight is 459 g/mol. The SMILES string of the molecule is CCOC(=O)COc1ccc(C2CCC3(CC2)OO[C@@](C)(C2CC4CCCC(C4)C2)O3)cc1. The summed E-state index contributed by atoms with van der Waals surface area (Å²) >= 11 is 0. The Hall–Kier alpha value is -1.63. The van der Waals surface area contributed by atoms with E-state index in [1.807, 2.05) is 12.1 Å². The van der Waals surface area contributed by atoms with E-state index in [0.29, 0.717) is 24.2 Å². The van der Waals surface area contributed by atoms with E-state index in [0.717, 1.165) is 37.5 Å². The molecule has 2 bridgehead atoms. The molecular weight excluding hydrogens is 420 g/mol. The van der Waals surface area contributed by atoms with Crippen molar-refractivity contribution in [2.45, 2.75) is 95.5 Å². The first-order chi connectivity index (χ1) is 16.0. The van der Waals surface area contributed by atoms with Gasteiger partial charge in [0.1, 0.15) is 5.75 Å². The van der Waals surface area contributed by atoms with Crippen LogP contribution in [0.15, 0.2) is 24.3 Å². The van der Waals surface area contributed by atoms with Crippen LogP contribution in [0.3, 0.4) is 0 Å². The summed E-state index contributed by atoms with van der Waals surface area (Å²) in [5.41, 5.74) is 1.29. The minimum Gasteiger partial charge on any atom is -0.482 e. The van der Waals surface area contributed by atoms with E-state index in [9.17, 15) is 4.79 Å². The van der Waals surface area contributed by atoms with E-state index >= 15 is 0 Å². The van der Waals surface area contributed by atoms with Crippen LogP contribution in [0.1, 0.15) is 89.5 Å². The third-order valence-electron chi connectivity index (χ3n) is 8.38. The fourth-order valence-electron chi connectivity index (χ4n) is 6.63. The largest absolute Gasteiger partial charge is 0.482 e. The van der Waals surface area contributed by atoms with Crippen LogP contribution in [0.25, 0.3) is 0 Å². The Morgan fingerprint density at radius 2 is 1.70 bits per heavy atom. The molecule has 3 atom stereocenters. The molecule has 4 aliphatic rings. The summed E-state index contributed by atoms with van der Waals surface area (Å²) in [7, 11) is 0. The van der Waals surface area contributed by atoms with Crippen LogP contribution in [0.2, 0.25) is 0 Å². The van der Waals surface area contributed by atoms with Gasteiger partial charge in [-0.25, -0.2) is 4.79 Å². The van der Waals surface area contributed by atoms with Crippen molar-refractivity contribution in [3.05, 3.63) is 29.8 Å². The first-order valence-corrected chi connectivity index (χ1v) is 12.9. The Bertz CT molecular complexity index is 802. The fourth-order valence-corrected chi connectivity index (χ4v) is 6.63. The molecule has 2 unspecified atom stereocenters. The fraction of sp³-hybridized carbons (Fsp3) is 0.741. The van der Waals surface area contributed by atoms with Gasteiger partial charge in [0.15, 0.2) is 6.61 Å². The highest BCUT2D eigenvalue weighted by Gasteiger charge is 2.56. The number of hydrogen-bond donors (Lipinski definition) is 0. The van der Waals surface area contributed by atoms with E-state index < -0.39 is 11.6 Å². The molecule has 1 spiro atoms. The number of carbonyl (C=O) groups excluding carboxylic acids is 1. The zero-order valence-electron chi connectivity index (χ0n) is 20.1. The highest BCUT2D eigenvalue weighted by molar-refractivity contribution is 5.71. The van der Waals surface area contributed by atoms with Crippen LogP contribution in [-0.4, -0.2) is 30.8 Å². The van der Waals surface area contributed by atoms with Gasteiger partial charge in [0.25, 0.3) is 0 Å². The number of rotatable bonds is 6. The number of benzene rings is 1. The quantitative estimate of drug-likeness (QED) is 0.391. The Morgan fingerprint density at radius 3 is 2.36 bits per heavy atom. The second-order valence-electron chi connectivity index (χ2n) is 10.7. The number of fused-ring (bicyclic) bond motifs is 2. The number of esters is 1. The van der Waals surface area contributed by atoms with E-state index in [2.05, 4.69) is 19.1 Å². The summed E-state index contributed by atoms with van der Waals surface area (Å²) < 4.78 is 17.1. The summed E-state index contributed by atoms with van der Waals surface area (Å²) in [5, 5.41) is 0. The molecule has 33 heavy (non-hydrogen) atoms. The van der Waals surface area contributed by atoms with Crippen molar-refractivity contribution in [3.8, 4) is 5.75 Å². The van der Waals surface area contributed by atoms with E-state index in [1.165, 1.54) is 44.1 Å². The molecule has 0 N–H and O–H groups in total. The van der Waals surface area contributed by atoms with Gasteiger partial charge in [-0.05, 0) is 81.4 Å². The molecule has 1 saturated heterocycles. The maximum absolute atomic E-state index is 11.5. The summed E-state index contributed by atoms with van der Waals surface area (Å²) in [4.78, 5) is 23.4. The molecule has 6 nitrogen and oxygen atoms in total. The van der Waals surface area contributed by atoms with Gasteiger partial charge >= 0.3 is 5.97 Å². The summed E-state index contributed by atoms with van der Waals surface area (Å²) in [6, 6.07) is 8.06. The highest BCUT2D eigenvalue weighted by atomic mass is 17.3. The second kappa shape index (κ2) is 9.55. The van der Waals surface area contributed by atoms with Crippen LogP contribution >= 0.6 is 0 Å². The predicted octanol–water partition coefficient (Wildman–Crippen LogP) is 5.89. The smallest absolute Gasteiger partial charge is 0.344 e. The zero-order chi connectivity index (χ0) is 22.9. The Kier molecular flexibility index (Phi) is 6.69. The first kappa shape index (κ1) is 23.1. The molecule has 0 radical (unpaired) electrons. The van der Waals surface area contributed by atoms with Crippen molar-refractivity contribution in [1.29, 1.82) is 0 Å². The molecule has 1 aliphatic heterocycles. The maximum atomic E-state index is 11.5. The van der Waals surface area contributed by atoms with Gasteiger partial charge in [0.2, 0.25) is 11.6 Å². The Balaban J connectivity index is 1.14. The molecule has 3 aliphatic carbocycles. The predicted molar refractivity (Wildman–Crippen MR) is 122 cm³/mol. The third kappa shape index (κ3) is 5.08. The third-order valence-corrected chi connectivity index (χ3v) is 8.38. The lowest BCUT2D eigenvalue weighted by molar-refractivity contribution is -0.361. The molecule has 5 rings (SSSR count). The summed E-state index contributed by atoms with van der Waals surface area (Å²) in [6.07, 6.45) is 11.6. The minimum absolute atomic E-state index is 0.0604. The van der Waals surface area contributed by atoms with Crippen molar-refractivity contribution < 1.29 is 28.8 Å². The van der Waals surface area contributed by atoms with Crippen LogP contribution in [0.5, 0.6) is 5.75 Å². The zero-order valence-corrected chi connectivity index (χ0v) is 20.1. The van der Waals surface area contributed by atoms with Crippen LogP contribution in [0, 0.1) is 17.8 Å². The highest BCUT2D eigenvalue weighted by Crippen LogP contribution is 2.53.